The van der Waals surface area contributed by atoms with Gasteiger partial charge in [-0.15, -0.1) is 0 Å². The fourth-order valence-electron chi connectivity index (χ4n) is 1.23. The van der Waals surface area contributed by atoms with Crippen molar-refractivity contribution in [3.05, 3.63) is 18.2 Å². The standard InChI is InChI=1S/C11H18N2O/c1-3-8-14-10-7-5-6-9(11(10)12)13-4-2/h5-7,13H,3-4,8,12H2,1-2H3. The smallest absolute Gasteiger partial charge is 0.144 e. The first kappa shape index (κ1) is 10.7. The van der Waals surface area contributed by atoms with Gasteiger partial charge in [0, 0.05) is 6.54 Å². The highest BCUT2D eigenvalue weighted by atomic mass is 16.5. The van der Waals surface area contributed by atoms with Crippen molar-refractivity contribution in [3.63, 3.8) is 0 Å². The van der Waals surface area contributed by atoms with Gasteiger partial charge in [-0.3, -0.25) is 0 Å². The first-order valence-electron chi connectivity index (χ1n) is 5.04. The molecule has 3 heteroatoms. The number of nitrogen functional groups attached to an aromatic ring is 1. The summed E-state index contributed by atoms with van der Waals surface area (Å²) in [5.41, 5.74) is 7.57. The Morgan fingerprint density at radius 2 is 2.14 bits per heavy atom. The Labute approximate surface area is 85.3 Å². The Bertz CT molecular complexity index is 287. The van der Waals surface area contributed by atoms with Crippen molar-refractivity contribution in [2.24, 2.45) is 0 Å². The van der Waals surface area contributed by atoms with Crippen molar-refractivity contribution < 1.29 is 4.74 Å². The van der Waals surface area contributed by atoms with Crippen LogP contribution in [0.5, 0.6) is 5.75 Å². The monoisotopic (exact) mass is 194 g/mol. The van der Waals surface area contributed by atoms with E-state index in [-0.39, 0.29) is 0 Å². The Hall–Kier alpha value is -1.38. The Morgan fingerprint density at radius 3 is 2.79 bits per heavy atom. The van der Waals surface area contributed by atoms with E-state index in [9.17, 15) is 0 Å². The van der Waals surface area contributed by atoms with Crippen LogP contribution in [0.2, 0.25) is 0 Å². The minimum absolute atomic E-state index is 0.697. The minimum Gasteiger partial charge on any atom is -0.491 e. The number of hydrogen-bond donors (Lipinski definition) is 2. The van der Waals surface area contributed by atoms with Crippen LogP contribution in [-0.2, 0) is 0 Å². The first-order chi connectivity index (χ1) is 6.79. The van der Waals surface area contributed by atoms with Crippen LogP contribution < -0.4 is 15.8 Å². The van der Waals surface area contributed by atoms with Crippen LogP contribution in [0.25, 0.3) is 0 Å². The van der Waals surface area contributed by atoms with Crippen molar-refractivity contribution in [1.29, 1.82) is 0 Å². The van der Waals surface area contributed by atoms with Crippen molar-refractivity contribution in [3.8, 4) is 5.75 Å². The van der Waals surface area contributed by atoms with E-state index >= 15 is 0 Å². The lowest BCUT2D eigenvalue weighted by atomic mass is 10.2. The average molecular weight is 194 g/mol. The van der Waals surface area contributed by atoms with Crippen LogP contribution >= 0.6 is 0 Å². The van der Waals surface area contributed by atoms with E-state index in [2.05, 4.69) is 12.2 Å². The van der Waals surface area contributed by atoms with Crippen LogP contribution in [0.1, 0.15) is 20.3 Å². The maximum Gasteiger partial charge on any atom is 0.144 e. The van der Waals surface area contributed by atoms with Gasteiger partial charge in [-0.05, 0) is 25.5 Å². The van der Waals surface area contributed by atoms with E-state index < -0.39 is 0 Å². The van der Waals surface area contributed by atoms with Crippen molar-refractivity contribution in [2.45, 2.75) is 20.3 Å². The van der Waals surface area contributed by atoms with Gasteiger partial charge in [-0.1, -0.05) is 13.0 Å². The second-order valence-electron chi connectivity index (χ2n) is 3.10. The molecule has 1 aromatic rings. The molecule has 0 saturated carbocycles. The van der Waals surface area contributed by atoms with Crippen LogP contribution in [0.15, 0.2) is 18.2 Å². The van der Waals surface area contributed by atoms with Gasteiger partial charge < -0.3 is 15.8 Å². The molecule has 3 nitrogen and oxygen atoms in total. The Morgan fingerprint density at radius 1 is 1.36 bits per heavy atom. The Kier molecular flexibility index (Phi) is 4.11. The van der Waals surface area contributed by atoms with Gasteiger partial charge >= 0.3 is 0 Å². The number of rotatable bonds is 5. The number of anilines is 2. The van der Waals surface area contributed by atoms with E-state index in [1.54, 1.807) is 0 Å². The number of para-hydroxylation sites is 1. The first-order valence-corrected chi connectivity index (χ1v) is 5.04. The molecule has 0 spiro atoms. The molecule has 0 aromatic heterocycles. The number of benzene rings is 1. The molecule has 0 unspecified atom stereocenters. The second kappa shape index (κ2) is 5.37. The van der Waals surface area contributed by atoms with Crippen LogP contribution in [0, 0.1) is 0 Å². The highest BCUT2D eigenvalue weighted by Crippen LogP contribution is 2.29. The van der Waals surface area contributed by atoms with Gasteiger partial charge in [-0.2, -0.15) is 0 Å². The molecule has 14 heavy (non-hydrogen) atoms. The molecule has 0 atom stereocenters. The fraction of sp³-hybridized carbons (Fsp3) is 0.455. The molecule has 0 radical (unpaired) electrons. The van der Waals surface area contributed by atoms with Gasteiger partial charge in [0.2, 0.25) is 0 Å². The molecule has 0 fully saturated rings. The van der Waals surface area contributed by atoms with Crippen molar-refractivity contribution >= 4 is 11.4 Å². The maximum atomic E-state index is 5.92. The third kappa shape index (κ3) is 2.55. The predicted molar refractivity (Wildman–Crippen MR) is 60.8 cm³/mol. The number of nitrogens with one attached hydrogen (secondary N) is 1. The van der Waals surface area contributed by atoms with Crippen molar-refractivity contribution in [1.82, 2.24) is 0 Å². The van der Waals surface area contributed by atoms with Gasteiger partial charge in [0.05, 0.1) is 18.0 Å². The summed E-state index contributed by atoms with van der Waals surface area (Å²) in [4.78, 5) is 0. The maximum absolute atomic E-state index is 5.92. The lowest BCUT2D eigenvalue weighted by Gasteiger charge is -2.12. The molecular formula is C11H18N2O. The molecule has 0 aliphatic rings. The fourth-order valence-corrected chi connectivity index (χ4v) is 1.23. The second-order valence-corrected chi connectivity index (χ2v) is 3.10. The number of ether oxygens (including phenoxy) is 1. The summed E-state index contributed by atoms with van der Waals surface area (Å²) < 4.78 is 5.51. The number of nitrogens with two attached hydrogens (primary N) is 1. The summed E-state index contributed by atoms with van der Waals surface area (Å²) in [6, 6.07) is 5.79. The molecule has 1 aromatic carbocycles. The molecule has 0 aliphatic heterocycles. The molecule has 78 valence electrons. The average Bonchev–Trinajstić information content (AvgIpc) is 2.20. The van der Waals surface area contributed by atoms with E-state index in [0.717, 1.165) is 24.4 Å². The van der Waals surface area contributed by atoms with Gasteiger partial charge in [0.25, 0.3) is 0 Å². The highest BCUT2D eigenvalue weighted by molar-refractivity contribution is 5.72. The lowest BCUT2D eigenvalue weighted by Crippen LogP contribution is -2.04. The molecular weight excluding hydrogens is 176 g/mol. The quantitative estimate of drug-likeness (QED) is 0.708. The molecule has 0 heterocycles. The molecule has 0 saturated heterocycles. The summed E-state index contributed by atoms with van der Waals surface area (Å²) in [5.74, 6) is 0.769. The van der Waals surface area contributed by atoms with Gasteiger partial charge in [0.1, 0.15) is 5.75 Å². The normalized spacial score (nSPS) is 9.86. The molecule has 0 amide bonds. The highest BCUT2D eigenvalue weighted by Gasteiger charge is 2.03. The van der Waals surface area contributed by atoms with Crippen molar-refractivity contribution in [2.75, 3.05) is 24.2 Å². The molecule has 3 N–H and O–H groups in total. The van der Waals surface area contributed by atoms with Crippen LogP contribution in [-0.4, -0.2) is 13.2 Å². The molecule has 0 aliphatic carbocycles. The molecule has 1 rings (SSSR count). The SMILES string of the molecule is CCCOc1cccc(NCC)c1N. The zero-order valence-corrected chi connectivity index (χ0v) is 8.84. The third-order valence-electron chi connectivity index (χ3n) is 1.90. The van der Waals surface area contributed by atoms with E-state index in [4.69, 9.17) is 10.5 Å². The van der Waals surface area contributed by atoms with Gasteiger partial charge in [0.15, 0.2) is 0 Å². The zero-order valence-electron chi connectivity index (χ0n) is 8.84. The summed E-state index contributed by atoms with van der Waals surface area (Å²) in [7, 11) is 0. The summed E-state index contributed by atoms with van der Waals surface area (Å²) in [6.45, 7) is 5.69. The van der Waals surface area contributed by atoms with E-state index in [1.807, 2.05) is 25.1 Å². The summed E-state index contributed by atoms with van der Waals surface area (Å²) in [5, 5.41) is 3.19. The minimum atomic E-state index is 0.697. The number of hydrogen-bond acceptors (Lipinski definition) is 3. The van der Waals surface area contributed by atoms with E-state index in [1.165, 1.54) is 0 Å². The van der Waals surface area contributed by atoms with Crippen LogP contribution in [0.3, 0.4) is 0 Å². The topological polar surface area (TPSA) is 47.3 Å². The van der Waals surface area contributed by atoms with Crippen LogP contribution in [0.4, 0.5) is 11.4 Å². The summed E-state index contributed by atoms with van der Waals surface area (Å²) in [6.07, 6.45) is 0.991. The largest absolute Gasteiger partial charge is 0.491 e. The molecule has 0 bridgehead atoms. The Balaban J connectivity index is 2.78. The zero-order chi connectivity index (χ0) is 10.4. The summed E-state index contributed by atoms with van der Waals surface area (Å²) >= 11 is 0. The predicted octanol–water partition coefficient (Wildman–Crippen LogP) is 2.49. The lowest BCUT2D eigenvalue weighted by molar-refractivity contribution is 0.319. The van der Waals surface area contributed by atoms with E-state index in [0.29, 0.717) is 12.3 Å². The third-order valence-corrected chi connectivity index (χ3v) is 1.90. The van der Waals surface area contributed by atoms with Gasteiger partial charge in [-0.25, -0.2) is 0 Å².